The fourth-order valence-electron chi connectivity index (χ4n) is 2.63. The van der Waals surface area contributed by atoms with Gasteiger partial charge in [-0.1, -0.05) is 6.42 Å². The SMILES string of the molecule is C[C@@H]1CCC[C@H](C)N1CCCC(C)(C)N. The van der Waals surface area contributed by atoms with Crippen molar-refractivity contribution in [3.8, 4) is 0 Å². The van der Waals surface area contributed by atoms with Gasteiger partial charge in [-0.25, -0.2) is 0 Å². The van der Waals surface area contributed by atoms with Crippen LogP contribution in [0.2, 0.25) is 0 Å². The Kier molecular flexibility index (Phi) is 4.60. The number of likely N-dealkylation sites (tertiary alicyclic amines) is 1. The van der Waals surface area contributed by atoms with Crippen molar-refractivity contribution in [1.29, 1.82) is 0 Å². The zero-order chi connectivity index (χ0) is 11.5. The molecule has 2 heteroatoms. The highest BCUT2D eigenvalue weighted by atomic mass is 15.2. The molecule has 0 spiro atoms. The number of rotatable bonds is 4. The number of nitrogens with zero attached hydrogens (tertiary/aromatic N) is 1. The van der Waals surface area contributed by atoms with Crippen LogP contribution in [0.3, 0.4) is 0 Å². The maximum Gasteiger partial charge on any atom is 0.00975 e. The van der Waals surface area contributed by atoms with Crippen LogP contribution in [0, 0.1) is 0 Å². The summed E-state index contributed by atoms with van der Waals surface area (Å²) in [5, 5.41) is 0. The molecular weight excluding hydrogens is 184 g/mol. The maximum absolute atomic E-state index is 6.00. The van der Waals surface area contributed by atoms with E-state index in [9.17, 15) is 0 Å². The number of hydrogen-bond acceptors (Lipinski definition) is 2. The summed E-state index contributed by atoms with van der Waals surface area (Å²) >= 11 is 0. The second-order valence-corrected chi connectivity index (χ2v) is 5.96. The third-order valence-corrected chi connectivity index (χ3v) is 3.61. The third kappa shape index (κ3) is 4.52. The molecule has 0 unspecified atom stereocenters. The van der Waals surface area contributed by atoms with E-state index in [2.05, 4.69) is 32.6 Å². The molecule has 2 atom stereocenters. The monoisotopic (exact) mass is 212 g/mol. The van der Waals surface area contributed by atoms with Crippen LogP contribution in [0.5, 0.6) is 0 Å². The van der Waals surface area contributed by atoms with Gasteiger partial charge in [0, 0.05) is 17.6 Å². The largest absolute Gasteiger partial charge is 0.326 e. The Morgan fingerprint density at radius 1 is 1.20 bits per heavy atom. The first-order valence-electron chi connectivity index (χ1n) is 6.45. The van der Waals surface area contributed by atoms with Crippen LogP contribution in [0.25, 0.3) is 0 Å². The van der Waals surface area contributed by atoms with Crippen molar-refractivity contribution in [3.63, 3.8) is 0 Å². The molecule has 0 aromatic heterocycles. The van der Waals surface area contributed by atoms with Crippen LogP contribution in [-0.2, 0) is 0 Å². The first-order valence-corrected chi connectivity index (χ1v) is 6.45. The van der Waals surface area contributed by atoms with Crippen LogP contribution < -0.4 is 5.73 Å². The Balaban J connectivity index is 2.29. The predicted molar refractivity (Wildman–Crippen MR) is 67.0 cm³/mol. The Morgan fingerprint density at radius 3 is 2.20 bits per heavy atom. The summed E-state index contributed by atoms with van der Waals surface area (Å²) in [5.74, 6) is 0. The van der Waals surface area contributed by atoms with Gasteiger partial charge in [-0.2, -0.15) is 0 Å². The van der Waals surface area contributed by atoms with Crippen LogP contribution in [0.15, 0.2) is 0 Å². The first kappa shape index (κ1) is 13.0. The summed E-state index contributed by atoms with van der Waals surface area (Å²) in [4.78, 5) is 2.66. The topological polar surface area (TPSA) is 29.3 Å². The van der Waals surface area contributed by atoms with Gasteiger partial charge in [-0.15, -0.1) is 0 Å². The van der Waals surface area contributed by atoms with Crippen LogP contribution in [0.1, 0.15) is 59.8 Å². The summed E-state index contributed by atoms with van der Waals surface area (Å²) in [7, 11) is 0. The zero-order valence-corrected chi connectivity index (χ0v) is 10.9. The van der Waals surface area contributed by atoms with Crippen LogP contribution >= 0.6 is 0 Å². The van der Waals surface area contributed by atoms with E-state index >= 15 is 0 Å². The molecule has 1 heterocycles. The molecule has 2 N–H and O–H groups in total. The third-order valence-electron chi connectivity index (χ3n) is 3.61. The van der Waals surface area contributed by atoms with Crippen molar-refractivity contribution in [2.75, 3.05) is 6.54 Å². The summed E-state index contributed by atoms with van der Waals surface area (Å²) in [6.07, 6.45) is 6.51. The predicted octanol–water partition coefficient (Wildman–Crippen LogP) is 2.77. The van der Waals surface area contributed by atoms with E-state index in [4.69, 9.17) is 5.73 Å². The van der Waals surface area contributed by atoms with E-state index < -0.39 is 0 Å². The minimum absolute atomic E-state index is 0.00225. The fourth-order valence-corrected chi connectivity index (χ4v) is 2.63. The lowest BCUT2D eigenvalue weighted by Gasteiger charge is -2.39. The lowest BCUT2D eigenvalue weighted by atomic mass is 9.95. The number of hydrogen-bond donors (Lipinski definition) is 1. The Labute approximate surface area is 95.2 Å². The molecule has 15 heavy (non-hydrogen) atoms. The lowest BCUT2D eigenvalue weighted by molar-refractivity contribution is 0.0994. The highest BCUT2D eigenvalue weighted by Gasteiger charge is 2.24. The van der Waals surface area contributed by atoms with Gasteiger partial charge in [-0.3, -0.25) is 4.90 Å². The normalized spacial score (nSPS) is 29.4. The lowest BCUT2D eigenvalue weighted by Crippen LogP contribution is -2.44. The highest BCUT2D eigenvalue weighted by molar-refractivity contribution is 4.80. The molecule has 1 rings (SSSR count). The van der Waals surface area contributed by atoms with E-state index in [0.29, 0.717) is 0 Å². The molecule has 1 aliphatic rings. The van der Waals surface area contributed by atoms with Crippen molar-refractivity contribution in [1.82, 2.24) is 4.90 Å². The van der Waals surface area contributed by atoms with E-state index in [-0.39, 0.29) is 5.54 Å². The Morgan fingerprint density at radius 2 is 1.73 bits per heavy atom. The van der Waals surface area contributed by atoms with E-state index in [1.54, 1.807) is 0 Å². The van der Waals surface area contributed by atoms with E-state index in [0.717, 1.165) is 18.5 Å². The van der Waals surface area contributed by atoms with Gasteiger partial charge >= 0.3 is 0 Å². The average Bonchev–Trinajstić information content (AvgIpc) is 2.08. The minimum Gasteiger partial charge on any atom is -0.326 e. The minimum atomic E-state index is 0.00225. The molecule has 0 aromatic rings. The van der Waals surface area contributed by atoms with Crippen molar-refractivity contribution in [3.05, 3.63) is 0 Å². The smallest absolute Gasteiger partial charge is 0.00975 e. The van der Waals surface area contributed by atoms with Crippen molar-refractivity contribution < 1.29 is 0 Å². The second kappa shape index (κ2) is 5.31. The van der Waals surface area contributed by atoms with Crippen molar-refractivity contribution in [2.24, 2.45) is 5.73 Å². The van der Waals surface area contributed by atoms with Gasteiger partial charge in [0.1, 0.15) is 0 Å². The molecule has 1 saturated heterocycles. The van der Waals surface area contributed by atoms with E-state index in [1.165, 1.54) is 32.2 Å². The van der Waals surface area contributed by atoms with Gasteiger partial charge < -0.3 is 5.73 Å². The molecule has 2 nitrogen and oxygen atoms in total. The Hall–Kier alpha value is -0.0800. The second-order valence-electron chi connectivity index (χ2n) is 5.96. The molecule has 1 aliphatic heterocycles. The number of nitrogens with two attached hydrogens (primary N) is 1. The summed E-state index contributed by atoms with van der Waals surface area (Å²) in [6.45, 7) is 10.2. The fraction of sp³-hybridized carbons (Fsp3) is 1.00. The van der Waals surface area contributed by atoms with Crippen LogP contribution in [0.4, 0.5) is 0 Å². The van der Waals surface area contributed by atoms with Gasteiger partial charge in [0.05, 0.1) is 0 Å². The first-order chi connectivity index (χ1) is 6.90. The average molecular weight is 212 g/mol. The maximum atomic E-state index is 6.00. The van der Waals surface area contributed by atoms with E-state index in [1.807, 2.05) is 0 Å². The van der Waals surface area contributed by atoms with Crippen LogP contribution in [-0.4, -0.2) is 29.1 Å². The quantitative estimate of drug-likeness (QED) is 0.776. The zero-order valence-electron chi connectivity index (χ0n) is 10.9. The summed E-state index contributed by atoms with van der Waals surface area (Å²) < 4.78 is 0. The molecule has 90 valence electrons. The summed E-state index contributed by atoms with van der Waals surface area (Å²) in [6, 6.07) is 1.55. The molecule has 0 radical (unpaired) electrons. The Bertz CT molecular complexity index is 173. The molecule has 0 saturated carbocycles. The molecular formula is C13H28N2. The van der Waals surface area contributed by atoms with Gasteiger partial charge in [-0.05, 0) is 59.9 Å². The van der Waals surface area contributed by atoms with Crippen molar-refractivity contribution >= 4 is 0 Å². The molecule has 0 aromatic carbocycles. The van der Waals surface area contributed by atoms with Crippen molar-refractivity contribution in [2.45, 2.75) is 77.4 Å². The molecule has 0 amide bonds. The summed E-state index contributed by atoms with van der Waals surface area (Å²) in [5.41, 5.74) is 6.00. The van der Waals surface area contributed by atoms with Gasteiger partial charge in [0.2, 0.25) is 0 Å². The van der Waals surface area contributed by atoms with Gasteiger partial charge in [0.15, 0.2) is 0 Å². The molecule has 0 aliphatic carbocycles. The molecule has 0 bridgehead atoms. The highest BCUT2D eigenvalue weighted by Crippen LogP contribution is 2.23. The standard InChI is InChI=1S/C13H28N2/c1-11-7-5-8-12(2)15(11)10-6-9-13(3,4)14/h11-12H,5-10,14H2,1-4H3/t11-,12+. The number of piperidine rings is 1. The molecule has 1 fully saturated rings. The van der Waals surface area contributed by atoms with Gasteiger partial charge in [0.25, 0.3) is 0 Å².